The number of rotatable bonds is 0. The standard InChI is InChI=1S/C10H12ClN.ClH/c11-8-4-5-9-7(6-8)2-1-3-10(9)12;/h4-6,10H,1-3,12H2;1H/t10-;/m1./s1. The van der Waals surface area contributed by atoms with Gasteiger partial charge >= 0.3 is 0 Å². The average molecular weight is 218 g/mol. The Morgan fingerprint density at radius 2 is 2.15 bits per heavy atom. The molecular formula is C10H13Cl2N. The highest BCUT2D eigenvalue weighted by Crippen LogP contribution is 2.29. The summed E-state index contributed by atoms with van der Waals surface area (Å²) in [6.07, 6.45) is 3.42. The van der Waals surface area contributed by atoms with Crippen LogP contribution >= 0.6 is 24.0 Å². The molecule has 0 saturated carbocycles. The Morgan fingerprint density at radius 3 is 2.92 bits per heavy atom. The highest BCUT2D eigenvalue weighted by Gasteiger charge is 2.15. The van der Waals surface area contributed by atoms with Crippen LogP contribution in [0, 0.1) is 0 Å². The molecule has 13 heavy (non-hydrogen) atoms. The summed E-state index contributed by atoms with van der Waals surface area (Å²) in [6, 6.07) is 6.24. The van der Waals surface area contributed by atoms with Crippen LogP contribution in [0.15, 0.2) is 18.2 Å². The van der Waals surface area contributed by atoms with Gasteiger partial charge in [0.05, 0.1) is 0 Å². The minimum Gasteiger partial charge on any atom is -0.324 e. The van der Waals surface area contributed by atoms with Crippen molar-refractivity contribution in [2.75, 3.05) is 0 Å². The molecule has 1 nitrogen and oxygen atoms in total. The van der Waals surface area contributed by atoms with Crippen molar-refractivity contribution in [3.05, 3.63) is 34.3 Å². The van der Waals surface area contributed by atoms with Crippen molar-refractivity contribution in [3.8, 4) is 0 Å². The minimum atomic E-state index is 0. The molecule has 2 rings (SSSR count). The first kappa shape index (κ1) is 10.8. The van der Waals surface area contributed by atoms with Crippen LogP contribution in [0.2, 0.25) is 5.02 Å². The van der Waals surface area contributed by atoms with E-state index >= 15 is 0 Å². The number of benzene rings is 1. The first-order valence-corrected chi connectivity index (χ1v) is 4.69. The van der Waals surface area contributed by atoms with Gasteiger partial charge < -0.3 is 5.73 Å². The monoisotopic (exact) mass is 217 g/mol. The molecule has 1 aliphatic carbocycles. The Hall–Kier alpha value is -0.240. The molecule has 0 unspecified atom stereocenters. The van der Waals surface area contributed by atoms with Crippen molar-refractivity contribution >= 4 is 24.0 Å². The van der Waals surface area contributed by atoms with Gasteiger partial charge in [0.15, 0.2) is 0 Å². The second-order valence-electron chi connectivity index (χ2n) is 3.34. The van der Waals surface area contributed by atoms with E-state index in [2.05, 4.69) is 6.07 Å². The van der Waals surface area contributed by atoms with Gasteiger partial charge in [0.2, 0.25) is 0 Å². The van der Waals surface area contributed by atoms with Gasteiger partial charge in [-0.25, -0.2) is 0 Å². The number of nitrogens with two attached hydrogens (primary N) is 1. The molecule has 0 aliphatic heterocycles. The molecule has 0 spiro atoms. The average Bonchev–Trinajstić information content (AvgIpc) is 2.04. The lowest BCUT2D eigenvalue weighted by Crippen LogP contribution is -2.16. The molecule has 2 N–H and O–H groups in total. The quantitative estimate of drug-likeness (QED) is 0.711. The molecule has 0 fully saturated rings. The zero-order valence-electron chi connectivity index (χ0n) is 7.29. The normalized spacial score (nSPS) is 20.3. The summed E-state index contributed by atoms with van der Waals surface area (Å²) >= 11 is 5.88. The fraction of sp³-hybridized carbons (Fsp3) is 0.400. The number of aryl methyl sites for hydroxylation is 1. The van der Waals surface area contributed by atoms with E-state index in [4.69, 9.17) is 17.3 Å². The Labute approximate surface area is 89.7 Å². The number of halogens is 2. The van der Waals surface area contributed by atoms with E-state index in [1.807, 2.05) is 12.1 Å². The smallest absolute Gasteiger partial charge is 0.0408 e. The summed E-state index contributed by atoms with van der Waals surface area (Å²) < 4.78 is 0. The highest BCUT2D eigenvalue weighted by molar-refractivity contribution is 6.30. The third kappa shape index (κ3) is 2.16. The molecule has 0 aromatic heterocycles. The molecule has 0 heterocycles. The SMILES string of the molecule is Cl.N[C@@H]1CCCc2cc(Cl)ccc21. The molecule has 3 heteroatoms. The van der Waals surface area contributed by atoms with Crippen LogP contribution in [-0.4, -0.2) is 0 Å². The van der Waals surface area contributed by atoms with Gasteiger partial charge in [0, 0.05) is 11.1 Å². The minimum absolute atomic E-state index is 0. The maximum absolute atomic E-state index is 5.95. The van der Waals surface area contributed by atoms with E-state index in [0.29, 0.717) is 0 Å². The molecule has 1 aliphatic rings. The van der Waals surface area contributed by atoms with E-state index < -0.39 is 0 Å². The molecule has 1 aromatic rings. The van der Waals surface area contributed by atoms with Crippen LogP contribution in [0.3, 0.4) is 0 Å². The van der Waals surface area contributed by atoms with Gasteiger partial charge in [0.1, 0.15) is 0 Å². The first-order chi connectivity index (χ1) is 5.77. The van der Waals surface area contributed by atoms with E-state index in [-0.39, 0.29) is 18.4 Å². The van der Waals surface area contributed by atoms with E-state index in [9.17, 15) is 0 Å². The van der Waals surface area contributed by atoms with Crippen molar-refractivity contribution in [1.82, 2.24) is 0 Å². The van der Waals surface area contributed by atoms with Gasteiger partial charge in [-0.3, -0.25) is 0 Å². The first-order valence-electron chi connectivity index (χ1n) is 4.31. The third-order valence-corrected chi connectivity index (χ3v) is 2.70. The van der Waals surface area contributed by atoms with Crippen LogP contribution in [0.1, 0.15) is 30.0 Å². The Bertz CT molecular complexity index is 299. The van der Waals surface area contributed by atoms with Crippen molar-refractivity contribution in [1.29, 1.82) is 0 Å². The molecule has 0 amide bonds. The lowest BCUT2D eigenvalue weighted by atomic mass is 9.88. The third-order valence-electron chi connectivity index (χ3n) is 2.47. The van der Waals surface area contributed by atoms with Gasteiger partial charge in [0.25, 0.3) is 0 Å². The molecule has 0 saturated heterocycles. The van der Waals surface area contributed by atoms with Crippen LogP contribution in [0.5, 0.6) is 0 Å². The van der Waals surface area contributed by atoms with Crippen molar-refractivity contribution < 1.29 is 0 Å². The van der Waals surface area contributed by atoms with Gasteiger partial charge in [-0.15, -0.1) is 12.4 Å². The molecule has 72 valence electrons. The maximum Gasteiger partial charge on any atom is 0.0408 e. The lowest BCUT2D eigenvalue weighted by Gasteiger charge is -2.21. The second kappa shape index (κ2) is 4.32. The second-order valence-corrected chi connectivity index (χ2v) is 3.78. The van der Waals surface area contributed by atoms with Gasteiger partial charge in [-0.2, -0.15) is 0 Å². The van der Waals surface area contributed by atoms with Crippen LogP contribution in [0.25, 0.3) is 0 Å². The highest BCUT2D eigenvalue weighted by atomic mass is 35.5. The van der Waals surface area contributed by atoms with Gasteiger partial charge in [-0.05, 0) is 42.5 Å². The van der Waals surface area contributed by atoms with E-state index in [1.165, 1.54) is 17.5 Å². The predicted octanol–water partition coefficient (Wildman–Crippen LogP) is 3.10. The van der Waals surface area contributed by atoms with Gasteiger partial charge in [-0.1, -0.05) is 17.7 Å². The molecular weight excluding hydrogens is 205 g/mol. The molecule has 0 radical (unpaired) electrons. The Morgan fingerprint density at radius 1 is 1.38 bits per heavy atom. The summed E-state index contributed by atoms with van der Waals surface area (Å²) in [6.45, 7) is 0. The Kier molecular flexibility index (Phi) is 3.60. The zero-order valence-corrected chi connectivity index (χ0v) is 8.87. The largest absolute Gasteiger partial charge is 0.324 e. The van der Waals surface area contributed by atoms with Crippen molar-refractivity contribution in [3.63, 3.8) is 0 Å². The van der Waals surface area contributed by atoms with Crippen LogP contribution in [0.4, 0.5) is 0 Å². The summed E-state index contributed by atoms with van der Waals surface area (Å²) in [7, 11) is 0. The fourth-order valence-corrected chi connectivity index (χ4v) is 2.02. The summed E-state index contributed by atoms with van der Waals surface area (Å²) in [5.74, 6) is 0. The summed E-state index contributed by atoms with van der Waals surface area (Å²) in [5.41, 5.74) is 8.57. The summed E-state index contributed by atoms with van der Waals surface area (Å²) in [4.78, 5) is 0. The van der Waals surface area contributed by atoms with E-state index in [1.54, 1.807) is 0 Å². The predicted molar refractivity (Wildman–Crippen MR) is 58.6 cm³/mol. The topological polar surface area (TPSA) is 26.0 Å². The number of fused-ring (bicyclic) bond motifs is 1. The molecule has 1 aromatic carbocycles. The lowest BCUT2D eigenvalue weighted by molar-refractivity contribution is 0.570. The maximum atomic E-state index is 5.95. The number of hydrogen-bond donors (Lipinski definition) is 1. The zero-order chi connectivity index (χ0) is 8.55. The summed E-state index contributed by atoms with van der Waals surface area (Å²) in [5, 5.41) is 0.822. The van der Waals surface area contributed by atoms with Crippen LogP contribution in [-0.2, 0) is 6.42 Å². The number of hydrogen-bond acceptors (Lipinski definition) is 1. The fourth-order valence-electron chi connectivity index (χ4n) is 1.82. The van der Waals surface area contributed by atoms with Crippen molar-refractivity contribution in [2.24, 2.45) is 5.73 Å². The molecule has 1 atom stereocenters. The van der Waals surface area contributed by atoms with Crippen LogP contribution < -0.4 is 5.73 Å². The Balaban J connectivity index is 0.000000845. The molecule has 0 bridgehead atoms. The van der Waals surface area contributed by atoms with Crippen molar-refractivity contribution in [2.45, 2.75) is 25.3 Å². The van der Waals surface area contributed by atoms with E-state index in [0.717, 1.165) is 17.9 Å².